The smallest absolute Gasteiger partial charge is 0.335 e. The third-order valence-corrected chi connectivity index (χ3v) is 3.54. The number of benzene rings is 1. The fourth-order valence-electron chi connectivity index (χ4n) is 2.37. The normalized spacial score (nSPS) is 10.5. The molecular formula is C17H21N3O3. The van der Waals surface area contributed by atoms with Crippen molar-refractivity contribution in [2.24, 2.45) is 0 Å². The predicted octanol–water partition coefficient (Wildman–Crippen LogP) is 1.95. The van der Waals surface area contributed by atoms with E-state index in [0.29, 0.717) is 6.54 Å². The number of aromatic nitrogens is 2. The third-order valence-electron chi connectivity index (χ3n) is 3.54. The highest BCUT2D eigenvalue weighted by Gasteiger charge is 2.06. The van der Waals surface area contributed by atoms with Crippen LogP contribution in [0.4, 0.5) is 0 Å². The summed E-state index contributed by atoms with van der Waals surface area (Å²) in [6.45, 7) is 5.33. The zero-order valence-electron chi connectivity index (χ0n) is 13.4. The summed E-state index contributed by atoms with van der Waals surface area (Å²) < 4.78 is 1.94. The van der Waals surface area contributed by atoms with Gasteiger partial charge in [-0.15, -0.1) is 0 Å². The quantitative estimate of drug-likeness (QED) is 0.765. The fraction of sp³-hybridized carbons (Fsp3) is 0.353. The van der Waals surface area contributed by atoms with Gasteiger partial charge in [0, 0.05) is 18.8 Å². The van der Waals surface area contributed by atoms with Gasteiger partial charge in [-0.1, -0.05) is 12.1 Å². The molecule has 0 spiro atoms. The first-order chi connectivity index (χ1) is 11.0. The molecule has 1 aromatic carbocycles. The summed E-state index contributed by atoms with van der Waals surface area (Å²) in [4.78, 5) is 22.6. The van der Waals surface area contributed by atoms with Gasteiger partial charge in [0.25, 0.3) is 0 Å². The summed E-state index contributed by atoms with van der Waals surface area (Å²) in [5.41, 5.74) is 3.13. The Morgan fingerprint density at radius 2 is 1.91 bits per heavy atom. The Balaban J connectivity index is 1.72. The van der Waals surface area contributed by atoms with Gasteiger partial charge in [-0.3, -0.25) is 9.48 Å². The van der Waals surface area contributed by atoms with Crippen molar-refractivity contribution in [3.8, 4) is 0 Å². The van der Waals surface area contributed by atoms with Crippen molar-refractivity contribution < 1.29 is 14.7 Å². The molecule has 2 rings (SSSR count). The van der Waals surface area contributed by atoms with Crippen molar-refractivity contribution in [1.29, 1.82) is 0 Å². The largest absolute Gasteiger partial charge is 0.478 e. The molecule has 2 N–H and O–H groups in total. The number of rotatable bonds is 7. The van der Waals surface area contributed by atoms with Crippen LogP contribution in [0.25, 0.3) is 0 Å². The summed E-state index contributed by atoms with van der Waals surface area (Å²) in [6, 6.07) is 8.37. The lowest BCUT2D eigenvalue weighted by atomic mass is 10.1. The van der Waals surface area contributed by atoms with Crippen LogP contribution >= 0.6 is 0 Å². The van der Waals surface area contributed by atoms with E-state index in [4.69, 9.17) is 5.11 Å². The standard InChI is InChI=1S/C17H21N3O3/c1-12-10-13(2)20(19-12)9-3-8-18-16(21)11-14-4-6-15(7-5-14)17(22)23/h4-7,10H,3,8-9,11H2,1-2H3,(H,18,21)(H,22,23). The molecule has 6 heteroatoms. The van der Waals surface area contributed by atoms with E-state index in [0.717, 1.165) is 29.9 Å². The lowest BCUT2D eigenvalue weighted by Gasteiger charge is -2.07. The molecule has 0 aliphatic rings. The van der Waals surface area contributed by atoms with Crippen molar-refractivity contribution in [2.45, 2.75) is 33.2 Å². The molecule has 0 atom stereocenters. The summed E-state index contributed by atoms with van der Waals surface area (Å²) in [5.74, 6) is -1.04. The van der Waals surface area contributed by atoms with Crippen molar-refractivity contribution in [1.82, 2.24) is 15.1 Å². The van der Waals surface area contributed by atoms with E-state index in [-0.39, 0.29) is 17.9 Å². The fourth-order valence-corrected chi connectivity index (χ4v) is 2.37. The topological polar surface area (TPSA) is 84.2 Å². The number of hydrogen-bond donors (Lipinski definition) is 2. The zero-order chi connectivity index (χ0) is 16.8. The number of carbonyl (C=O) groups excluding carboxylic acids is 1. The Hall–Kier alpha value is -2.63. The first-order valence-electron chi connectivity index (χ1n) is 7.55. The van der Waals surface area contributed by atoms with Crippen LogP contribution in [-0.4, -0.2) is 33.3 Å². The second-order valence-electron chi connectivity index (χ2n) is 5.53. The number of nitrogens with one attached hydrogen (secondary N) is 1. The van der Waals surface area contributed by atoms with E-state index in [1.807, 2.05) is 24.6 Å². The van der Waals surface area contributed by atoms with Crippen LogP contribution in [0.2, 0.25) is 0 Å². The SMILES string of the molecule is Cc1cc(C)n(CCCNC(=O)Cc2ccc(C(=O)O)cc2)n1. The minimum atomic E-state index is -0.967. The maximum absolute atomic E-state index is 11.9. The summed E-state index contributed by atoms with van der Waals surface area (Å²) in [7, 11) is 0. The van der Waals surface area contributed by atoms with Crippen molar-refractivity contribution in [3.63, 3.8) is 0 Å². The highest BCUT2D eigenvalue weighted by molar-refractivity contribution is 5.87. The molecule has 0 saturated heterocycles. The van der Waals surface area contributed by atoms with E-state index in [2.05, 4.69) is 10.4 Å². The van der Waals surface area contributed by atoms with Gasteiger partial charge in [0.1, 0.15) is 0 Å². The van der Waals surface area contributed by atoms with Gasteiger partial charge in [0.05, 0.1) is 17.7 Å². The average Bonchev–Trinajstić information content (AvgIpc) is 2.82. The molecule has 0 aliphatic carbocycles. The molecule has 23 heavy (non-hydrogen) atoms. The Kier molecular flexibility index (Phi) is 5.51. The van der Waals surface area contributed by atoms with Gasteiger partial charge >= 0.3 is 5.97 Å². The number of nitrogens with zero attached hydrogens (tertiary/aromatic N) is 2. The van der Waals surface area contributed by atoms with E-state index in [1.54, 1.807) is 12.1 Å². The Labute approximate surface area is 135 Å². The number of carboxylic acid groups (broad SMARTS) is 1. The molecule has 122 valence electrons. The number of aryl methyl sites for hydroxylation is 3. The Bertz CT molecular complexity index is 690. The molecule has 1 amide bonds. The lowest BCUT2D eigenvalue weighted by molar-refractivity contribution is -0.120. The zero-order valence-corrected chi connectivity index (χ0v) is 13.4. The second-order valence-corrected chi connectivity index (χ2v) is 5.53. The van der Waals surface area contributed by atoms with Gasteiger partial charge in [0.2, 0.25) is 5.91 Å². The lowest BCUT2D eigenvalue weighted by Crippen LogP contribution is -2.27. The van der Waals surface area contributed by atoms with Crippen LogP contribution in [0.3, 0.4) is 0 Å². The van der Waals surface area contributed by atoms with Crippen molar-refractivity contribution in [2.75, 3.05) is 6.54 Å². The van der Waals surface area contributed by atoms with E-state index >= 15 is 0 Å². The van der Waals surface area contributed by atoms with E-state index < -0.39 is 5.97 Å². The highest BCUT2D eigenvalue weighted by Crippen LogP contribution is 2.05. The predicted molar refractivity (Wildman–Crippen MR) is 86.4 cm³/mol. The number of carboxylic acids is 1. The maximum Gasteiger partial charge on any atom is 0.335 e. The number of carbonyl (C=O) groups is 2. The van der Waals surface area contributed by atoms with E-state index in [1.165, 1.54) is 12.1 Å². The van der Waals surface area contributed by atoms with Gasteiger partial charge in [-0.2, -0.15) is 5.10 Å². The van der Waals surface area contributed by atoms with Gasteiger partial charge in [-0.05, 0) is 44.0 Å². The molecule has 2 aromatic rings. The maximum atomic E-state index is 11.9. The van der Waals surface area contributed by atoms with Crippen molar-refractivity contribution >= 4 is 11.9 Å². The van der Waals surface area contributed by atoms with Crippen LogP contribution in [-0.2, 0) is 17.8 Å². The minimum absolute atomic E-state index is 0.0681. The molecule has 1 aromatic heterocycles. The number of amides is 1. The molecule has 6 nitrogen and oxygen atoms in total. The Morgan fingerprint density at radius 3 is 2.48 bits per heavy atom. The monoisotopic (exact) mass is 315 g/mol. The summed E-state index contributed by atoms with van der Waals surface area (Å²) in [5, 5.41) is 16.1. The minimum Gasteiger partial charge on any atom is -0.478 e. The number of aromatic carboxylic acids is 1. The van der Waals surface area contributed by atoms with Crippen LogP contribution in [0.1, 0.15) is 33.7 Å². The summed E-state index contributed by atoms with van der Waals surface area (Å²) >= 11 is 0. The van der Waals surface area contributed by atoms with Crippen LogP contribution < -0.4 is 5.32 Å². The molecule has 0 bridgehead atoms. The first kappa shape index (κ1) is 16.7. The molecule has 0 unspecified atom stereocenters. The van der Waals surface area contributed by atoms with E-state index in [9.17, 15) is 9.59 Å². The van der Waals surface area contributed by atoms with Crippen LogP contribution in [0.5, 0.6) is 0 Å². The Morgan fingerprint density at radius 1 is 1.22 bits per heavy atom. The molecule has 0 fully saturated rings. The molecular weight excluding hydrogens is 294 g/mol. The second kappa shape index (κ2) is 7.58. The summed E-state index contributed by atoms with van der Waals surface area (Å²) in [6.07, 6.45) is 1.06. The van der Waals surface area contributed by atoms with Gasteiger partial charge in [0.15, 0.2) is 0 Å². The first-order valence-corrected chi connectivity index (χ1v) is 7.55. The van der Waals surface area contributed by atoms with Crippen LogP contribution in [0, 0.1) is 13.8 Å². The molecule has 0 saturated carbocycles. The van der Waals surface area contributed by atoms with Crippen molar-refractivity contribution in [3.05, 3.63) is 52.8 Å². The molecule has 1 heterocycles. The average molecular weight is 315 g/mol. The third kappa shape index (κ3) is 4.95. The number of hydrogen-bond acceptors (Lipinski definition) is 3. The van der Waals surface area contributed by atoms with Gasteiger partial charge in [-0.25, -0.2) is 4.79 Å². The molecule has 0 radical (unpaired) electrons. The van der Waals surface area contributed by atoms with Gasteiger partial charge < -0.3 is 10.4 Å². The molecule has 0 aliphatic heterocycles. The highest BCUT2D eigenvalue weighted by atomic mass is 16.4. The van der Waals surface area contributed by atoms with Crippen LogP contribution in [0.15, 0.2) is 30.3 Å².